The molecule has 1 aliphatic carbocycles. The van der Waals surface area contributed by atoms with E-state index in [-0.39, 0.29) is 24.1 Å². The van der Waals surface area contributed by atoms with Gasteiger partial charge in [0.1, 0.15) is 5.76 Å². The van der Waals surface area contributed by atoms with Gasteiger partial charge in [0.2, 0.25) is 11.1 Å². The van der Waals surface area contributed by atoms with Crippen molar-refractivity contribution in [3.63, 3.8) is 0 Å². The molecular weight excluding hydrogens is 380 g/mol. The second-order valence-electron chi connectivity index (χ2n) is 6.28. The molecule has 3 aromatic rings. The minimum atomic E-state index is -0.294. The average molecular weight is 398 g/mol. The summed E-state index contributed by atoms with van der Waals surface area (Å²) >= 11 is 1.27. The van der Waals surface area contributed by atoms with E-state index in [0.29, 0.717) is 28.2 Å². The normalized spacial score (nSPS) is 13.3. The molecule has 0 unspecified atom stereocenters. The third-order valence-electron chi connectivity index (χ3n) is 4.14. The van der Waals surface area contributed by atoms with Gasteiger partial charge in [-0.3, -0.25) is 9.59 Å². The fraction of sp³-hybridized carbons (Fsp3) is 0.278. The van der Waals surface area contributed by atoms with Gasteiger partial charge in [0.15, 0.2) is 0 Å². The predicted octanol–water partition coefficient (Wildman–Crippen LogP) is 2.26. The van der Waals surface area contributed by atoms with Crippen LogP contribution in [0.5, 0.6) is 0 Å². The van der Waals surface area contributed by atoms with Crippen molar-refractivity contribution in [3.8, 4) is 0 Å². The Morgan fingerprint density at radius 3 is 2.86 bits per heavy atom. The van der Waals surface area contributed by atoms with Crippen LogP contribution < -0.4 is 10.6 Å². The smallest absolute Gasteiger partial charge is 0.253 e. The Labute approximate surface area is 164 Å². The van der Waals surface area contributed by atoms with Crippen LogP contribution >= 0.6 is 11.8 Å². The molecule has 2 aromatic heterocycles. The Bertz CT molecular complexity index is 967. The van der Waals surface area contributed by atoms with Gasteiger partial charge in [-0.05, 0) is 47.5 Å². The number of hydrogen-bond acceptors (Lipinski definition) is 7. The summed E-state index contributed by atoms with van der Waals surface area (Å²) in [4.78, 5) is 24.8. The maximum Gasteiger partial charge on any atom is 0.253 e. The lowest BCUT2D eigenvalue weighted by Crippen LogP contribution is -2.25. The number of tetrazole rings is 1. The molecule has 2 heterocycles. The Morgan fingerprint density at radius 2 is 2.07 bits per heavy atom. The molecule has 0 radical (unpaired) electrons. The molecule has 9 nitrogen and oxygen atoms in total. The third kappa shape index (κ3) is 4.39. The van der Waals surface area contributed by atoms with Gasteiger partial charge in [-0.25, -0.2) is 4.68 Å². The van der Waals surface area contributed by atoms with Gasteiger partial charge in [-0.15, -0.1) is 5.10 Å². The topological polar surface area (TPSA) is 115 Å². The zero-order chi connectivity index (χ0) is 19.3. The molecule has 2 N–H and O–H groups in total. The highest BCUT2D eigenvalue weighted by Crippen LogP contribution is 2.36. The lowest BCUT2D eigenvalue weighted by Gasteiger charge is -2.11. The lowest BCUT2D eigenvalue weighted by molar-refractivity contribution is -0.113. The molecular formula is C18H18N6O3S. The Kier molecular flexibility index (Phi) is 5.38. The first-order chi connectivity index (χ1) is 13.7. The highest BCUT2D eigenvalue weighted by Gasteiger charge is 2.28. The van der Waals surface area contributed by atoms with Gasteiger partial charge >= 0.3 is 0 Å². The monoisotopic (exact) mass is 398 g/mol. The van der Waals surface area contributed by atoms with Crippen LogP contribution in [0.25, 0.3) is 0 Å². The molecule has 10 heteroatoms. The molecule has 2 amide bonds. The van der Waals surface area contributed by atoms with Gasteiger partial charge in [0, 0.05) is 0 Å². The van der Waals surface area contributed by atoms with Crippen LogP contribution in [0.15, 0.2) is 52.2 Å². The number of amides is 2. The SMILES string of the molecule is O=C(CSc1nnnn1C1CC1)Nc1ccccc1C(=O)NCc1ccco1. The van der Waals surface area contributed by atoms with Gasteiger partial charge in [-0.2, -0.15) is 0 Å². The van der Waals surface area contributed by atoms with E-state index in [1.54, 1.807) is 47.3 Å². The van der Waals surface area contributed by atoms with Crippen LogP contribution in [-0.2, 0) is 11.3 Å². The maximum atomic E-state index is 12.5. The van der Waals surface area contributed by atoms with Crippen molar-refractivity contribution in [2.24, 2.45) is 0 Å². The molecule has 1 aromatic carbocycles. The number of anilines is 1. The third-order valence-corrected chi connectivity index (χ3v) is 5.07. The quantitative estimate of drug-likeness (QED) is 0.559. The van der Waals surface area contributed by atoms with Crippen molar-refractivity contribution in [3.05, 3.63) is 54.0 Å². The summed E-state index contributed by atoms with van der Waals surface area (Å²) in [6.07, 6.45) is 3.67. The summed E-state index contributed by atoms with van der Waals surface area (Å²) in [6.45, 7) is 0.272. The van der Waals surface area contributed by atoms with Gasteiger partial charge in [0.25, 0.3) is 5.91 Å². The molecule has 1 saturated carbocycles. The molecule has 144 valence electrons. The number of thioether (sulfide) groups is 1. The summed E-state index contributed by atoms with van der Waals surface area (Å²) < 4.78 is 6.97. The first kappa shape index (κ1) is 18.2. The van der Waals surface area contributed by atoms with Crippen molar-refractivity contribution in [1.29, 1.82) is 0 Å². The highest BCUT2D eigenvalue weighted by atomic mass is 32.2. The van der Waals surface area contributed by atoms with Crippen LogP contribution in [0.1, 0.15) is 35.0 Å². The summed E-state index contributed by atoms with van der Waals surface area (Å²) in [5, 5.41) is 17.8. The van der Waals surface area contributed by atoms with Crippen LogP contribution in [0.4, 0.5) is 5.69 Å². The minimum absolute atomic E-state index is 0.148. The zero-order valence-corrected chi connectivity index (χ0v) is 15.7. The van der Waals surface area contributed by atoms with Crippen LogP contribution in [0.2, 0.25) is 0 Å². The van der Waals surface area contributed by atoms with Gasteiger partial charge in [-0.1, -0.05) is 23.9 Å². The Morgan fingerprint density at radius 1 is 1.21 bits per heavy atom. The number of benzene rings is 1. The molecule has 28 heavy (non-hydrogen) atoms. The molecule has 0 aliphatic heterocycles. The number of aromatic nitrogens is 4. The van der Waals surface area contributed by atoms with Crippen LogP contribution in [-0.4, -0.2) is 37.8 Å². The van der Waals surface area contributed by atoms with E-state index in [1.807, 2.05) is 0 Å². The van der Waals surface area contributed by atoms with Crippen molar-refractivity contribution < 1.29 is 14.0 Å². The standard InChI is InChI=1S/C18H18N6O3S/c25-16(11-28-18-21-22-23-24(18)12-7-8-12)20-15-6-2-1-5-14(15)17(26)19-10-13-4-3-9-27-13/h1-6,9,12H,7-8,10-11H2,(H,19,26)(H,20,25). The molecule has 0 bridgehead atoms. The first-order valence-corrected chi connectivity index (χ1v) is 9.79. The number of carbonyl (C=O) groups is 2. The van der Waals surface area contributed by atoms with E-state index in [4.69, 9.17) is 4.42 Å². The number of nitrogens with one attached hydrogen (secondary N) is 2. The number of rotatable bonds is 8. The van der Waals surface area contributed by atoms with E-state index < -0.39 is 0 Å². The average Bonchev–Trinajstić information content (AvgIpc) is 3.21. The summed E-state index contributed by atoms with van der Waals surface area (Å²) in [5.74, 6) is 0.272. The molecule has 0 saturated heterocycles. The Hall–Kier alpha value is -3.14. The number of carbonyl (C=O) groups excluding carboxylic acids is 2. The van der Waals surface area contributed by atoms with Gasteiger partial charge in [0.05, 0.1) is 35.9 Å². The van der Waals surface area contributed by atoms with Crippen molar-refractivity contribution >= 4 is 29.3 Å². The predicted molar refractivity (Wildman–Crippen MR) is 102 cm³/mol. The van der Waals surface area contributed by atoms with Crippen LogP contribution in [0.3, 0.4) is 0 Å². The summed E-state index contributed by atoms with van der Waals surface area (Å²) in [7, 11) is 0. The van der Waals surface area contributed by atoms with E-state index in [0.717, 1.165) is 12.8 Å². The second kappa shape index (κ2) is 8.26. The van der Waals surface area contributed by atoms with E-state index in [1.165, 1.54) is 11.8 Å². The number of para-hydroxylation sites is 1. The fourth-order valence-corrected chi connectivity index (χ4v) is 3.36. The van der Waals surface area contributed by atoms with E-state index in [9.17, 15) is 9.59 Å². The Balaban J connectivity index is 1.35. The summed E-state index contributed by atoms with van der Waals surface area (Å²) in [6, 6.07) is 10.7. The number of nitrogens with zero attached hydrogens (tertiary/aromatic N) is 4. The number of hydrogen-bond donors (Lipinski definition) is 2. The molecule has 1 aliphatic rings. The van der Waals surface area contributed by atoms with Crippen molar-refractivity contribution in [2.45, 2.75) is 30.6 Å². The van der Waals surface area contributed by atoms with E-state index >= 15 is 0 Å². The first-order valence-electron chi connectivity index (χ1n) is 8.81. The second-order valence-corrected chi connectivity index (χ2v) is 7.22. The highest BCUT2D eigenvalue weighted by molar-refractivity contribution is 7.99. The molecule has 0 spiro atoms. The van der Waals surface area contributed by atoms with Crippen molar-refractivity contribution in [1.82, 2.24) is 25.5 Å². The fourth-order valence-electron chi connectivity index (χ4n) is 2.61. The van der Waals surface area contributed by atoms with Crippen LogP contribution in [0, 0.1) is 0 Å². The maximum absolute atomic E-state index is 12.5. The van der Waals surface area contributed by atoms with E-state index in [2.05, 4.69) is 26.2 Å². The molecule has 4 rings (SSSR count). The van der Waals surface area contributed by atoms with Gasteiger partial charge < -0.3 is 15.1 Å². The van der Waals surface area contributed by atoms with Crippen molar-refractivity contribution in [2.75, 3.05) is 11.1 Å². The molecule has 0 atom stereocenters. The number of furan rings is 1. The lowest BCUT2D eigenvalue weighted by atomic mass is 10.1. The zero-order valence-electron chi connectivity index (χ0n) is 14.9. The largest absolute Gasteiger partial charge is 0.467 e. The minimum Gasteiger partial charge on any atom is -0.467 e. The molecule has 1 fully saturated rings. The summed E-state index contributed by atoms with van der Waals surface area (Å²) in [5.41, 5.74) is 0.835.